The van der Waals surface area contributed by atoms with Gasteiger partial charge in [0.05, 0.1) is 29.3 Å². The minimum atomic E-state index is -3.32. The maximum atomic E-state index is 13.5. The third kappa shape index (κ3) is 2.62. The Hall–Kier alpha value is -1.21. The lowest BCUT2D eigenvalue weighted by Crippen LogP contribution is -2.32. The lowest BCUT2D eigenvalue weighted by molar-refractivity contribution is 0.190. The molecule has 1 aromatic carbocycles. The van der Waals surface area contributed by atoms with Gasteiger partial charge in [-0.05, 0) is 18.6 Å². The number of benzene rings is 1. The monoisotopic (exact) mass is 277 g/mol. The number of aliphatic hydroxyl groups is 1. The molecule has 2 rings (SSSR count). The summed E-state index contributed by atoms with van der Waals surface area (Å²) in [6.07, 6.45) is -1.11. The highest BCUT2D eigenvalue weighted by atomic mass is 32.2. The van der Waals surface area contributed by atoms with Crippen molar-refractivity contribution >= 4 is 15.5 Å². The van der Waals surface area contributed by atoms with Crippen molar-refractivity contribution in [2.45, 2.75) is 19.1 Å². The molecule has 18 heavy (non-hydrogen) atoms. The molecule has 1 heterocycles. The third-order valence-corrected chi connectivity index (χ3v) is 4.63. The molecule has 2 atom stereocenters. The molecular weight excluding hydrogens is 264 g/mol. The van der Waals surface area contributed by atoms with Crippen molar-refractivity contribution in [1.29, 1.82) is 0 Å². The Bertz CT molecular complexity index is 574. The number of aryl methyl sites for hydroxylation is 1. The topological polar surface area (TPSA) is 66.4 Å². The van der Waals surface area contributed by atoms with Crippen molar-refractivity contribution in [3.8, 4) is 0 Å². The van der Waals surface area contributed by atoms with Gasteiger partial charge in [0.15, 0.2) is 9.84 Å². The van der Waals surface area contributed by atoms with E-state index in [2.05, 4.69) is 5.32 Å². The molecule has 0 aromatic heterocycles. The van der Waals surface area contributed by atoms with E-state index in [1.807, 2.05) is 0 Å². The number of aliphatic hydroxyl groups excluding tert-OH is 1. The highest BCUT2D eigenvalue weighted by Crippen LogP contribution is 2.23. The van der Waals surface area contributed by atoms with Crippen LogP contribution in [0.1, 0.15) is 5.56 Å². The van der Waals surface area contributed by atoms with Gasteiger partial charge in [0.1, 0.15) is 11.6 Å². The number of nitrogens with one attached hydrogen (secondary N) is 1. The first-order valence-electron chi connectivity index (χ1n) is 5.39. The third-order valence-electron chi connectivity index (χ3n) is 2.91. The zero-order chi connectivity index (χ0) is 13.5. The largest absolute Gasteiger partial charge is 0.390 e. The van der Waals surface area contributed by atoms with Crippen LogP contribution in [0.3, 0.4) is 0 Å². The van der Waals surface area contributed by atoms with Gasteiger partial charge >= 0.3 is 0 Å². The Kier molecular flexibility index (Phi) is 3.29. The number of sulfone groups is 1. The zero-order valence-corrected chi connectivity index (χ0v) is 10.5. The molecule has 0 radical (unpaired) electrons. The van der Waals surface area contributed by atoms with Crippen LogP contribution in [0.15, 0.2) is 12.1 Å². The maximum absolute atomic E-state index is 13.5. The first kappa shape index (κ1) is 13.2. The van der Waals surface area contributed by atoms with Crippen LogP contribution in [0.2, 0.25) is 0 Å². The second-order valence-electron chi connectivity index (χ2n) is 4.48. The summed E-state index contributed by atoms with van der Waals surface area (Å²) in [6, 6.07) is 1.17. The van der Waals surface area contributed by atoms with Crippen molar-refractivity contribution in [3.63, 3.8) is 0 Å². The van der Waals surface area contributed by atoms with Gasteiger partial charge in [-0.3, -0.25) is 0 Å². The summed E-state index contributed by atoms with van der Waals surface area (Å²) in [5, 5.41) is 12.1. The normalized spacial score (nSPS) is 26.2. The Labute approximate surface area is 104 Å². The predicted molar refractivity (Wildman–Crippen MR) is 63.2 cm³/mol. The quantitative estimate of drug-likeness (QED) is 0.841. The fourth-order valence-corrected chi connectivity index (χ4v) is 3.66. The fourth-order valence-electron chi connectivity index (χ4n) is 1.92. The summed E-state index contributed by atoms with van der Waals surface area (Å²) < 4.78 is 49.4. The van der Waals surface area contributed by atoms with E-state index in [0.717, 1.165) is 12.1 Å². The Balaban J connectivity index is 2.23. The van der Waals surface area contributed by atoms with Gasteiger partial charge in [0.25, 0.3) is 0 Å². The zero-order valence-electron chi connectivity index (χ0n) is 9.65. The van der Waals surface area contributed by atoms with Crippen molar-refractivity contribution in [1.82, 2.24) is 0 Å². The van der Waals surface area contributed by atoms with E-state index in [4.69, 9.17) is 0 Å². The molecule has 1 fully saturated rings. The van der Waals surface area contributed by atoms with Crippen LogP contribution in [0, 0.1) is 18.6 Å². The standard InChI is InChI=1S/C11H13F2NO3S/c1-6-2-8(13)9(3-7(6)12)14-10-4-18(16,17)5-11(10)15/h2-3,10-11,14-15H,4-5H2,1H3. The van der Waals surface area contributed by atoms with Crippen LogP contribution in [0.4, 0.5) is 14.5 Å². The first-order valence-corrected chi connectivity index (χ1v) is 7.21. The van der Waals surface area contributed by atoms with Gasteiger partial charge in [-0.1, -0.05) is 0 Å². The van der Waals surface area contributed by atoms with E-state index >= 15 is 0 Å². The molecule has 100 valence electrons. The summed E-state index contributed by atoms with van der Waals surface area (Å²) in [4.78, 5) is 0. The minimum absolute atomic E-state index is 0.140. The van der Waals surface area contributed by atoms with Gasteiger partial charge in [0.2, 0.25) is 0 Å². The molecule has 1 aliphatic rings. The molecule has 1 saturated heterocycles. The van der Waals surface area contributed by atoms with E-state index in [0.29, 0.717) is 0 Å². The van der Waals surface area contributed by atoms with E-state index in [-0.39, 0.29) is 22.8 Å². The van der Waals surface area contributed by atoms with Gasteiger partial charge in [0, 0.05) is 6.07 Å². The first-order chi connectivity index (χ1) is 8.28. The number of hydrogen-bond donors (Lipinski definition) is 2. The van der Waals surface area contributed by atoms with E-state index in [9.17, 15) is 22.3 Å². The Morgan fingerprint density at radius 2 is 1.94 bits per heavy atom. The summed E-state index contributed by atoms with van der Waals surface area (Å²) in [7, 11) is -3.32. The highest BCUT2D eigenvalue weighted by molar-refractivity contribution is 7.91. The summed E-state index contributed by atoms with van der Waals surface area (Å²) >= 11 is 0. The van der Waals surface area contributed by atoms with Crippen LogP contribution in [0.5, 0.6) is 0 Å². The summed E-state index contributed by atoms with van der Waals surface area (Å²) in [5.74, 6) is -1.91. The van der Waals surface area contributed by atoms with Crippen molar-refractivity contribution in [2.75, 3.05) is 16.8 Å². The minimum Gasteiger partial charge on any atom is -0.390 e. The lowest BCUT2D eigenvalue weighted by Gasteiger charge is -2.17. The molecule has 0 aliphatic carbocycles. The van der Waals surface area contributed by atoms with Crippen molar-refractivity contribution in [2.24, 2.45) is 0 Å². The molecular formula is C11H13F2NO3S. The second kappa shape index (κ2) is 4.47. The maximum Gasteiger partial charge on any atom is 0.155 e. The van der Waals surface area contributed by atoms with Gasteiger partial charge in [-0.15, -0.1) is 0 Å². The van der Waals surface area contributed by atoms with Crippen molar-refractivity contribution < 1.29 is 22.3 Å². The highest BCUT2D eigenvalue weighted by Gasteiger charge is 2.36. The van der Waals surface area contributed by atoms with Gasteiger partial charge < -0.3 is 10.4 Å². The number of anilines is 1. The van der Waals surface area contributed by atoms with Crippen LogP contribution in [-0.2, 0) is 9.84 Å². The molecule has 1 aromatic rings. The average molecular weight is 277 g/mol. The molecule has 7 heteroatoms. The molecule has 2 N–H and O–H groups in total. The van der Waals surface area contributed by atoms with E-state index in [1.165, 1.54) is 6.92 Å². The Morgan fingerprint density at radius 3 is 2.50 bits per heavy atom. The van der Waals surface area contributed by atoms with Gasteiger partial charge in [-0.2, -0.15) is 0 Å². The molecule has 2 unspecified atom stereocenters. The molecule has 0 saturated carbocycles. The van der Waals surface area contributed by atoms with Crippen molar-refractivity contribution in [3.05, 3.63) is 29.3 Å². The second-order valence-corrected chi connectivity index (χ2v) is 6.63. The SMILES string of the molecule is Cc1cc(F)c(NC2CS(=O)(=O)CC2O)cc1F. The number of rotatable bonds is 2. The van der Waals surface area contributed by atoms with Crippen LogP contribution < -0.4 is 5.32 Å². The summed E-state index contributed by atoms with van der Waals surface area (Å²) in [5.41, 5.74) is 0.0249. The molecule has 0 spiro atoms. The number of hydrogen-bond acceptors (Lipinski definition) is 4. The molecule has 4 nitrogen and oxygen atoms in total. The summed E-state index contributed by atoms with van der Waals surface area (Å²) in [6.45, 7) is 1.43. The van der Waals surface area contributed by atoms with E-state index in [1.54, 1.807) is 0 Å². The van der Waals surface area contributed by atoms with Gasteiger partial charge in [-0.25, -0.2) is 17.2 Å². The molecule has 0 bridgehead atoms. The fraction of sp³-hybridized carbons (Fsp3) is 0.455. The smallest absolute Gasteiger partial charge is 0.155 e. The predicted octanol–water partition coefficient (Wildman–Crippen LogP) is 0.843. The molecule has 1 aliphatic heterocycles. The van der Waals surface area contributed by atoms with Crippen LogP contribution in [0.25, 0.3) is 0 Å². The average Bonchev–Trinajstić information content (AvgIpc) is 2.48. The van der Waals surface area contributed by atoms with Crippen LogP contribution >= 0.6 is 0 Å². The number of halogens is 2. The van der Waals surface area contributed by atoms with E-state index < -0.39 is 33.6 Å². The molecule has 0 amide bonds. The lowest BCUT2D eigenvalue weighted by atomic mass is 10.1. The Morgan fingerprint density at radius 1 is 1.28 bits per heavy atom. The van der Waals surface area contributed by atoms with Crippen LogP contribution in [-0.4, -0.2) is 37.2 Å².